The number of phenols is 1. The number of urea groups is 1. The Balaban J connectivity index is 1.64. The lowest BCUT2D eigenvalue weighted by molar-refractivity contribution is -0.0431. The van der Waals surface area contributed by atoms with Crippen LogP contribution < -0.4 is 10.5 Å². The summed E-state index contributed by atoms with van der Waals surface area (Å²) in [7, 11) is 0. The predicted molar refractivity (Wildman–Crippen MR) is 83.5 cm³/mol. The van der Waals surface area contributed by atoms with Crippen LogP contribution in [0.15, 0.2) is 48.5 Å². The number of hydrogen-bond acceptors (Lipinski definition) is 4. The highest BCUT2D eigenvalue weighted by Crippen LogP contribution is 2.48. The molecule has 1 saturated carbocycles. The quantitative estimate of drug-likeness (QED) is 0.584. The summed E-state index contributed by atoms with van der Waals surface area (Å²) >= 11 is 0. The van der Waals surface area contributed by atoms with E-state index in [1.54, 1.807) is 24.3 Å². The molecule has 1 aliphatic rings. The number of rotatable bonds is 5. The van der Waals surface area contributed by atoms with Crippen molar-refractivity contribution < 1.29 is 19.8 Å². The monoisotopic (exact) mass is 314 g/mol. The van der Waals surface area contributed by atoms with Crippen molar-refractivity contribution in [2.24, 2.45) is 11.7 Å². The lowest BCUT2D eigenvalue weighted by atomic mass is 10.1. The Labute approximate surface area is 133 Å². The van der Waals surface area contributed by atoms with Crippen LogP contribution in [-0.4, -0.2) is 28.0 Å². The SMILES string of the molecule is NC(=O)N(O)C[C@@H]1C[C@H]1c1cccc(Oc2ccc(O)cc2)c1. The maximum absolute atomic E-state index is 10.8. The first-order chi connectivity index (χ1) is 11.0. The third-order valence-corrected chi connectivity index (χ3v) is 3.94. The molecule has 2 aromatic carbocycles. The van der Waals surface area contributed by atoms with Gasteiger partial charge in [0.2, 0.25) is 0 Å². The van der Waals surface area contributed by atoms with Crippen molar-refractivity contribution in [2.45, 2.75) is 12.3 Å². The molecule has 1 fully saturated rings. The molecule has 0 saturated heterocycles. The molecular weight excluding hydrogens is 296 g/mol. The minimum absolute atomic E-state index is 0.190. The summed E-state index contributed by atoms with van der Waals surface area (Å²) < 4.78 is 5.76. The molecule has 1 aliphatic carbocycles. The van der Waals surface area contributed by atoms with Gasteiger partial charge in [-0.25, -0.2) is 9.86 Å². The lowest BCUT2D eigenvalue weighted by Crippen LogP contribution is -2.34. The Morgan fingerprint density at radius 2 is 1.96 bits per heavy atom. The van der Waals surface area contributed by atoms with Crippen LogP contribution in [0.2, 0.25) is 0 Å². The first kappa shape index (κ1) is 15.2. The van der Waals surface area contributed by atoms with Crippen molar-refractivity contribution in [3.63, 3.8) is 0 Å². The molecule has 0 radical (unpaired) electrons. The smallest absolute Gasteiger partial charge is 0.338 e. The molecule has 0 spiro atoms. The summed E-state index contributed by atoms with van der Waals surface area (Å²) in [6.07, 6.45) is 0.896. The number of carbonyl (C=O) groups is 1. The number of primary amides is 1. The number of aromatic hydroxyl groups is 1. The van der Waals surface area contributed by atoms with E-state index in [2.05, 4.69) is 0 Å². The summed E-state index contributed by atoms with van der Waals surface area (Å²) in [6.45, 7) is 0.239. The second-order valence-corrected chi connectivity index (χ2v) is 5.69. The van der Waals surface area contributed by atoms with Crippen molar-refractivity contribution in [1.29, 1.82) is 0 Å². The molecule has 0 bridgehead atoms. The normalized spacial score (nSPS) is 19.2. The number of carbonyl (C=O) groups excluding carboxylic acids is 1. The van der Waals surface area contributed by atoms with Gasteiger partial charge in [-0.15, -0.1) is 0 Å². The van der Waals surface area contributed by atoms with E-state index in [-0.39, 0.29) is 24.1 Å². The van der Waals surface area contributed by atoms with Gasteiger partial charge in [0.15, 0.2) is 0 Å². The number of amides is 2. The van der Waals surface area contributed by atoms with Crippen LogP contribution in [0.5, 0.6) is 17.2 Å². The van der Waals surface area contributed by atoms with E-state index in [4.69, 9.17) is 10.5 Å². The van der Waals surface area contributed by atoms with E-state index in [1.165, 1.54) is 0 Å². The zero-order valence-electron chi connectivity index (χ0n) is 12.4. The molecule has 0 aliphatic heterocycles. The third kappa shape index (κ3) is 3.73. The predicted octanol–water partition coefficient (Wildman–Crippen LogP) is 3.06. The van der Waals surface area contributed by atoms with Crippen LogP contribution >= 0.6 is 0 Å². The molecule has 0 heterocycles. The van der Waals surface area contributed by atoms with E-state index in [9.17, 15) is 15.1 Å². The van der Waals surface area contributed by atoms with Crippen LogP contribution in [0.1, 0.15) is 17.9 Å². The van der Waals surface area contributed by atoms with Crippen LogP contribution in [0, 0.1) is 5.92 Å². The van der Waals surface area contributed by atoms with Gasteiger partial charge in [-0.05, 0) is 60.2 Å². The Bertz CT molecular complexity index is 702. The lowest BCUT2D eigenvalue weighted by Gasteiger charge is -2.11. The highest BCUT2D eigenvalue weighted by molar-refractivity contribution is 5.70. The Morgan fingerprint density at radius 1 is 1.22 bits per heavy atom. The van der Waals surface area contributed by atoms with Crippen molar-refractivity contribution in [1.82, 2.24) is 5.06 Å². The first-order valence-electron chi connectivity index (χ1n) is 7.35. The molecular formula is C17H18N2O4. The van der Waals surface area contributed by atoms with Gasteiger partial charge in [0, 0.05) is 0 Å². The summed E-state index contributed by atoms with van der Waals surface area (Å²) in [4.78, 5) is 10.8. The van der Waals surface area contributed by atoms with Crippen molar-refractivity contribution in [2.75, 3.05) is 6.54 Å². The van der Waals surface area contributed by atoms with E-state index >= 15 is 0 Å². The molecule has 2 aromatic rings. The molecule has 2 atom stereocenters. The average Bonchev–Trinajstić information content (AvgIpc) is 3.29. The highest BCUT2D eigenvalue weighted by Gasteiger charge is 2.40. The van der Waals surface area contributed by atoms with Gasteiger partial charge in [0.1, 0.15) is 17.2 Å². The van der Waals surface area contributed by atoms with Gasteiger partial charge < -0.3 is 15.6 Å². The molecule has 3 rings (SSSR count). The van der Waals surface area contributed by atoms with Crippen LogP contribution in [0.25, 0.3) is 0 Å². The number of benzene rings is 2. The van der Waals surface area contributed by atoms with Gasteiger partial charge in [-0.2, -0.15) is 0 Å². The number of ether oxygens (including phenoxy) is 1. The average molecular weight is 314 g/mol. The minimum Gasteiger partial charge on any atom is -0.508 e. The molecule has 23 heavy (non-hydrogen) atoms. The third-order valence-electron chi connectivity index (χ3n) is 3.94. The Hall–Kier alpha value is -2.73. The molecule has 4 N–H and O–H groups in total. The standard InChI is InChI=1S/C17H18N2O4/c18-17(21)19(22)10-12-9-16(12)11-2-1-3-15(8-11)23-14-6-4-13(20)5-7-14/h1-8,12,16,20,22H,9-10H2,(H2,18,21)/t12-,16-/m0/s1. The van der Waals surface area contributed by atoms with Gasteiger partial charge in [0.05, 0.1) is 6.54 Å². The topological polar surface area (TPSA) is 96.0 Å². The highest BCUT2D eigenvalue weighted by atomic mass is 16.5. The van der Waals surface area contributed by atoms with Crippen molar-refractivity contribution >= 4 is 6.03 Å². The summed E-state index contributed by atoms with van der Waals surface area (Å²) in [5, 5.41) is 19.2. The van der Waals surface area contributed by atoms with Gasteiger partial charge >= 0.3 is 6.03 Å². The number of nitrogens with zero attached hydrogens (tertiary/aromatic N) is 1. The fourth-order valence-electron chi connectivity index (χ4n) is 2.63. The fourth-order valence-corrected chi connectivity index (χ4v) is 2.63. The molecule has 0 aromatic heterocycles. The van der Waals surface area contributed by atoms with Gasteiger partial charge in [-0.3, -0.25) is 5.21 Å². The van der Waals surface area contributed by atoms with E-state index in [0.29, 0.717) is 16.6 Å². The summed E-state index contributed by atoms with van der Waals surface area (Å²) in [5.74, 6) is 2.02. The fraction of sp³-hybridized carbons (Fsp3) is 0.235. The van der Waals surface area contributed by atoms with Crippen LogP contribution in [0.4, 0.5) is 4.79 Å². The molecule has 120 valence electrons. The van der Waals surface area contributed by atoms with E-state index in [1.807, 2.05) is 24.3 Å². The zero-order valence-corrected chi connectivity index (χ0v) is 12.4. The number of hydrogen-bond donors (Lipinski definition) is 3. The van der Waals surface area contributed by atoms with E-state index < -0.39 is 6.03 Å². The Kier molecular flexibility index (Phi) is 4.08. The van der Waals surface area contributed by atoms with Gasteiger partial charge in [0.25, 0.3) is 0 Å². The largest absolute Gasteiger partial charge is 0.508 e. The molecule has 6 heteroatoms. The second-order valence-electron chi connectivity index (χ2n) is 5.69. The number of hydroxylamine groups is 2. The summed E-state index contributed by atoms with van der Waals surface area (Å²) in [6, 6.07) is 13.4. The number of nitrogens with two attached hydrogens (primary N) is 1. The molecule has 6 nitrogen and oxygen atoms in total. The molecule has 2 amide bonds. The van der Waals surface area contributed by atoms with Crippen molar-refractivity contribution in [3.8, 4) is 17.2 Å². The zero-order chi connectivity index (χ0) is 16.4. The summed E-state index contributed by atoms with van der Waals surface area (Å²) in [5.41, 5.74) is 6.12. The Morgan fingerprint density at radius 3 is 2.65 bits per heavy atom. The number of phenolic OH excluding ortho intramolecular Hbond substituents is 1. The van der Waals surface area contributed by atoms with Gasteiger partial charge in [-0.1, -0.05) is 12.1 Å². The van der Waals surface area contributed by atoms with Crippen molar-refractivity contribution in [3.05, 3.63) is 54.1 Å². The first-order valence-corrected chi connectivity index (χ1v) is 7.35. The maximum atomic E-state index is 10.8. The van der Waals surface area contributed by atoms with Crippen LogP contribution in [-0.2, 0) is 0 Å². The van der Waals surface area contributed by atoms with E-state index in [0.717, 1.165) is 12.0 Å². The minimum atomic E-state index is -0.833. The van der Waals surface area contributed by atoms with Crippen LogP contribution in [0.3, 0.4) is 0 Å². The second kappa shape index (κ2) is 6.18. The maximum Gasteiger partial charge on any atom is 0.338 e. The molecule has 0 unspecified atom stereocenters.